The van der Waals surface area contributed by atoms with Crippen molar-refractivity contribution in [2.75, 3.05) is 11.1 Å². The zero-order chi connectivity index (χ0) is 24.7. The van der Waals surface area contributed by atoms with Crippen molar-refractivity contribution >= 4 is 68.3 Å². The molecule has 4 aromatic rings. The number of ketones is 2. The standard InChI is InChI=1S/C27H20N2O5S.Na.H/c28-25-22(35(32,33)34)15-21(23-24(25)27(31)20-12-5-4-11-19(20)26(23)30)29-18-10-6-9-17(14-18)13-16-7-2-1-3-8-16;;/h1-12,14-15,29H,13,28H2,(H,32,33,34);;. The predicted octanol–water partition coefficient (Wildman–Crippen LogP) is 3.98. The van der Waals surface area contributed by atoms with Crippen LogP contribution in [0.25, 0.3) is 0 Å². The van der Waals surface area contributed by atoms with Crippen LogP contribution in [0, 0.1) is 0 Å². The van der Waals surface area contributed by atoms with E-state index in [0.29, 0.717) is 12.1 Å². The van der Waals surface area contributed by atoms with Crippen LogP contribution in [0.4, 0.5) is 17.1 Å². The second kappa shape index (κ2) is 10.0. The number of hydrogen-bond donors (Lipinski definition) is 3. The number of rotatable bonds is 5. The Balaban J connectivity index is 0.00000304. The first kappa shape index (κ1) is 25.8. The molecule has 0 amide bonds. The van der Waals surface area contributed by atoms with Gasteiger partial charge in [0.15, 0.2) is 11.6 Å². The number of nitrogens with two attached hydrogens (primary N) is 1. The molecule has 1 aliphatic rings. The maximum absolute atomic E-state index is 13.4. The van der Waals surface area contributed by atoms with Gasteiger partial charge in [-0.15, -0.1) is 0 Å². The second-order valence-electron chi connectivity index (χ2n) is 8.25. The molecule has 4 aromatic carbocycles. The van der Waals surface area contributed by atoms with E-state index in [4.69, 9.17) is 5.73 Å². The van der Waals surface area contributed by atoms with E-state index in [1.165, 1.54) is 12.1 Å². The number of anilines is 3. The molecule has 36 heavy (non-hydrogen) atoms. The molecule has 0 heterocycles. The van der Waals surface area contributed by atoms with Gasteiger partial charge in [0.05, 0.1) is 22.5 Å². The Morgan fingerprint density at radius 1 is 0.750 bits per heavy atom. The van der Waals surface area contributed by atoms with E-state index in [-0.39, 0.29) is 57.5 Å². The first-order valence-corrected chi connectivity index (χ1v) is 12.2. The molecule has 0 atom stereocenters. The van der Waals surface area contributed by atoms with E-state index in [1.54, 1.807) is 18.2 Å². The van der Waals surface area contributed by atoms with Gasteiger partial charge < -0.3 is 11.1 Å². The normalized spacial score (nSPS) is 12.4. The monoisotopic (exact) mass is 508 g/mol. The Labute approximate surface area is 230 Å². The first-order chi connectivity index (χ1) is 16.7. The van der Waals surface area contributed by atoms with E-state index < -0.39 is 32.3 Å². The molecule has 1 aliphatic carbocycles. The van der Waals surface area contributed by atoms with Gasteiger partial charge in [-0.2, -0.15) is 8.42 Å². The molecule has 7 nitrogen and oxygen atoms in total. The second-order valence-corrected chi connectivity index (χ2v) is 9.64. The molecule has 4 N–H and O–H groups in total. The van der Waals surface area contributed by atoms with Crippen molar-refractivity contribution in [1.29, 1.82) is 0 Å². The molecule has 5 rings (SSSR count). The van der Waals surface area contributed by atoms with Gasteiger partial charge in [-0.1, -0.05) is 66.7 Å². The molecule has 0 radical (unpaired) electrons. The quantitative estimate of drug-likeness (QED) is 0.186. The molecule has 0 saturated heterocycles. The molecular weight excluding hydrogens is 487 g/mol. The van der Waals surface area contributed by atoms with Crippen LogP contribution in [0.15, 0.2) is 89.8 Å². The average molecular weight is 509 g/mol. The molecule has 0 spiro atoms. The summed E-state index contributed by atoms with van der Waals surface area (Å²) in [6, 6.07) is 24.6. The van der Waals surface area contributed by atoms with E-state index in [2.05, 4.69) is 5.32 Å². The Hall–Kier alpha value is -3.27. The fourth-order valence-corrected chi connectivity index (χ4v) is 5.00. The molecule has 9 heteroatoms. The zero-order valence-corrected chi connectivity index (χ0v) is 19.2. The van der Waals surface area contributed by atoms with Gasteiger partial charge in [0.1, 0.15) is 4.90 Å². The number of nitrogens with one attached hydrogen (secondary N) is 1. The Bertz CT molecular complexity index is 1620. The minimum absolute atomic E-state index is 0. The van der Waals surface area contributed by atoms with Crippen molar-refractivity contribution < 1.29 is 22.6 Å². The minimum atomic E-state index is -4.78. The van der Waals surface area contributed by atoms with Crippen LogP contribution in [0.1, 0.15) is 43.0 Å². The molecule has 0 aliphatic heterocycles. The summed E-state index contributed by atoms with van der Waals surface area (Å²) < 4.78 is 34.0. The third-order valence-corrected chi connectivity index (χ3v) is 6.83. The van der Waals surface area contributed by atoms with Gasteiger partial charge in [-0.25, -0.2) is 0 Å². The van der Waals surface area contributed by atoms with Crippen LogP contribution in [-0.2, 0) is 16.5 Å². The summed E-state index contributed by atoms with van der Waals surface area (Å²) in [4.78, 5) is 26.1. The van der Waals surface area contributed by atoms with Crippen LogP contribution in [0.3, 0.4) is 0 Å². The van der Waals surface area contributed by atoms with Crippen LogP contribution in [0.2, 0.25) is 0 Å². The zero-order valence-electron chi connectivity index (χ0n) is 18.4. The van der Waals surface area contributed by atoms with Crippen molar-refractivity contribution in [2.45, 2.75) is 11.3 Å². The molecule has 0 fully saturated rings. The summed E-state index contributed by atoms with van der Waals surface area (Å²) in [6.07, 6.45) is 0.664. The topological polar surface area (TPSA) is 127 Å². The average Bonchev–Trinajstić information content (AvgIpc) is 2.83. The molecule has 0 saturated carbocycles. The number of hydrogen-bond acceptors (Lipinski definition) is 6. The number of carbonyl (C=O) groups excluding carboxylic acids is 2. The molecule has 0 aromatic heterocycles. The van der Waals surface area contributed by atoms with Crippen LogP contribution < -0.4 is 11.1 Å². The molecule has 0 unspecified atom stereocenters. The number of nitrogen functional groups attached to an aromatic ring is 1. The summed E-state index contributed by atoms with van der Waals surface area (Å²) in [5.41, 5.74) is 8.35. The van der Waals surface area contributed by atoms with Crippen molar-refractivity contribution in [2.24, 2.45) is 0 Å². The predicted molar refractivity (Wildman–Crippen MR) is 140 cm³/mol. The molecular formula is C27H21N2NaO5S. The molecule has 0 bridgehead atoms. The SMILES string of the molecule is Nc1c(S(=O)(=O)O)cc(Nc2cccc(Cc3ccccc3)c2)c2c1C(=O)c1ccccc1C2=O.[NaH]. The van der Waals surface area contributed by atoms with Gasteiger partial charge in [0.25, 0.3) is 10.1 Å². The van der Waals surface area contributed by atoms with Gasteiger partial charge in [0.2, 0.25) is 0 Å². The van der Waals surface area contributed by atoms with Crippen molar-refractivity contribution in [3.63, 3.8) is 0 Å². The van der Waals surface area contributed by atoms with E-state index in [0.717, 1.165) is 17.2 Å². The maximum atomic E-state index is 13.4. The summed E-state index contributed by atoms with van der Waals surface area (Å²) in [6.45, 7) is 0. The van der Waals surface area contributed by atoms with E-state index in [1.807, 2.05) is 48.5 Å². The van der Waals surface area contributed by atoms with Gasteiger partial charge in [-0.3, -0.25) is 14.1 Å². The van der Waals surface area contributed by atoms with Gasteiger partial charge in [-0.05, 0) is 35.7 Å². The molecule has 176 valence electrons. The Morgan fingerprint density at radius 3 is 1.97 bits per heavy atom. The Morgan fingerprint density at radius 2 is 1.33 bits per heavy atom. The van der Waals surface area contributed by atoms with Crippen molar-refractivity contribution in [1.82, 2.24) is 0 Å². The van der Waals surface area contributed by atoms with Gasteiger partial charge in [0, 0.05) is 16.8 Å². The third-order valence-electron chi connectivity index (χ3n) is 5.93. The van der Waals surface area contributed by atoms with E-state index >= 15 is 0 Å². The number of fused-ring (bicyclic) bond motifs is 2. The van der Waals surface area contributed by atoms with Crippen LogP contribution >= 0.6 is 0 Å². The Kier molecular flexibility index (Phi) is 7.17. The summed E-state index contributed by atoms with van der Waals surface area (Å²) in [5, 5.41) is 3.08. The van der Waals surface area contributed by atoms with Crippen molar-refractivity contribution in [3.05, 3.63) is 118 Å². The van der Waals surface area contributed by atoms with E-state index in [9.17, 15) is 22.6 Å². The number of carbonyl (C=O) groups is 2. The van der Waals surface area contributed by atoms with Crippen LogP contribution in [-0.4, -0.2) is 54.1 Å². The van der Waals surface area contributed by atoms with Crippen LogP contribution in [0.5, 0.6) is 0 Å². The first-order valence-electron chi connectivity index (χ1n) is 10.8. The number of benzene rings is 4. The fraction of sp³-hybridized carbons (Fsp3) is 0.0370. The third kappa shape index (κ3) is 4.74. The van der Waals surface area contributed by atoms with Gasteiger partial charge >= 0.3 is 29.6 Å². The fourth-order valence-electron chi connectivity index (χ4n) is 4.35. The van der Waals surface area contributed by atoms with Crippen molar-refractivity contribution in [3.8, 4) is 0 Å². The summed E-state index contributed by atoms with van der Waals surface area (Å²) in [5.74, 6) is -1.05. The summed E-state index contributed by atoms with van der Waals surface area (Å²) >= 11 is 0. The summed E-state index contributed by atoms with van der Waals surface area (Å²) in [7, 11) is -4.78.